The standard InChI is InChI=1S/C13H14N2O3S/c1-10-13(19-9-14-10)12(7-8-18-15(16)17)11-5-3-2-4-6-11/h2-6,9,12H,7-8H2,1H3. The first-order valence-electron chi connectivity index (χ1n) is 5.90. The van der Waals surface area contributed by atoms with Crippen molar-refractivity contribution in [2.24, 2.45) is 0 Å². The van der Waals surface area contributed by atoms with Gasteiger partial charge in [0.05, 0.1) is 17.8 Å². The Hall–Kier alpha value is -1.95. The van der Waals surface area contributed by atoms with Crippen molar-refractivity contribution in [2.75, 3.05) is 6.61 Å². The molecular formula is C13H14N2O3S. The number of benzene rings is 1. The van der Waals surface area contributed by atoms with Crippen LogP contribution >= 0.6 is 11.3 Å². The molecule has 2 aromatic rings. The van der Waals surface area contributed by atoms with Crippen molar-refractivity contribution < 1.29 is 9.92 Å². The molecule has 0 N–H and O–H groups in total. The molecule has 5 nitrogen and oxygen atoms in total. The van der Waals surface area contributed by atoms with Crippen molar-refractivity contribution >= 4 is 11.3 Å². The van der Waals surface area contributed by atoms with Crippen LogP contribution in [-0.2, 0) is 4.84 Å². The van der Waals surface area contributed by atoms with Crippen LogP contribution in [0.25, 0.3) is 0 Å². The van der Waals surface area contributed by atoms with Gasteiger partial charge in [-0.15, -0.1) is 21.5 Å². The molecule has 0 bridgehead atoms. The summed E-state index contributed by atoms with van der Waals surface area (Å²) in [6.07, 6.45) is 0.564. The number of thiazole rings is 1. The van der Waals surface area contributed by atoms with E-state index in [4.69, 9.17) is 0 Å². The maximum atomic E-state index is 10.2. The number of hydrogen-bond acceptors (Lipinski definition) is 5. The van der Waals surface area contributed by atoms with Crippen LogP contribution in [0.2, 0.25) is 0 Å². The Morgan fingerprint density at radius 3 is 2.74 bits per heavy atom. The van der Waals surface area contributed by atoms with Gasteiger partial charge in [-0.25, -0.2) is 4.98 Å². The zero-order valence-electron chi connectivity index (χ0n) is 10.5. The highest BCUT2D eigenvalue weighted by Gasteiger charge is 2.18. The molecule has 0 aliphatic heterocycles. The Morgan fingerprint density at radius 2 is 2.16 bits per heavy atom. The molecule has 1 aromatic heterocycles. The maximum Gasteiger partial charge on any atom is 0.294 e. The lowest BCUT2D eigenvalue weighted by molar-refractivity contribution is -0.757. The molecule has 0 aliphatic rings. The lowest BCUT2D eigenvalue weighted by atomic mass is 9.94. The van der Waals surface area contributed by atoms with E-state index in [0.29, 0.717) is 6.42 Å². The first-order valence-corrected chi connectivity index (χ1v) is 6.78. The largest absolute Gasteiger partial charge is 0.314 e. The molecule has 0 saturated heterocycles. The number of aryl methyl sites for hydroxylation is 1. The zero-order valence-corrected chi connectivity index (χ0v) is 11.3. The minimum absolute atomic E-state index is 0.0872. The highest BCUT2D eigenvalue weighted by atomic mass is 32.1. The summed E-state index contributed by atoms with van der Waals surface area (Å²) in [7, 11) is 0. The van der Waals surface area contributed by atoms with E-state index >= 15 is 0 Å². The second-order valence-electron chi connectivity index (χ2n) is 4.11. The predicted octanol–water partition coefficient (Wildman–Crippen LogP) is 3.18. The molecule has 0 spiro atoms. The van der Waals surface area contributed by atoms with E-state index in [0.717, 1.165) is 16.1 Å². The third-order valence-corrected chi connectivity index (χ3v) is 3.95. The average Bonchev–Trinajstić information content (AvgIpc) is 2.82. The Labute approximate surface area is 115 Å². The van der Waals surface area contributed by atoms with Crippen LogP contribution in [0.5, 0.6) is 0 Å². The van der Waals surface area contributed by atoms with Gasteiger partial charge in [-0.1, -0.05) is 30.3 Å². The minimum Gasteiger partial charge on any atom is -0.314 e. The van der Waals surface area contributed by atoms with Gasteiger partial charge in [-0.3, -0.25) is 0 Å². The highest BCUT2D eigenvalue weighted by molar-refractivity contribution is 7.09. The Morgan fingerprint density at radius 1 is 1.42 bits per heavy atom. The van der Waals surface area contributed by atoms with E-state index < -0.39 is 5.09 Å². The van der Waals surface area contributed by atoms with E-state index in [9.17, 15) is 10.1 Å². The van der Waals surface area contributed by atoms with Gasteiger partial charge in [0.1, 0.15) is 0 Å². The molecule has 100 valence electrons. The summed E-state index contributed by atoms with van der Waals surface area (Å²) in [6.45, 7) is 2.04. The van der Waals surface area contributed by atoms with Gasteiger partial charge in [0.25, 0.3) is 5.09 Å². The molecule has 0 saturated carbocycles. The molecule has 19 heavy (non-hydrogen) atoms. The highest BCUT2D eigenvalue weighted by Crippen LogP contribution is 2.32. The fourth-order valence-electron chi connectivity index (χ4n) is 2.02. The monoisotopic (exact) mass is 278 g/mol. The van der Waals surface area contributed by atoms with E-state index in [2.05, 4.69) is 9.82 Å². The molecule has 1 heterocycles. The van der Waals surface area contributed by atoms with Gasteiger partial charge in [0.2, 0.25) is 0 Å². The topological polar surface area (TPSA) is 65.3 Å². The van der Waals surface area contributed by atoms with Crippen molar-refractivity contribution in [1.29, 1.82) is 0 Å². The molecule has 1 aromatic carbocycles. The van der Waals surface area contributed by atoms with Crippen molar-refractivity contribution in [3.05, 3.63) is 62.1 Å². The van der Waals surface area contributed by atoms with Crippen LogP contribution in [0.1, 0.15) is 28.5 Å². The molecule has 1 unspecified atom stereocenters. The Balaban J connectivity index is 2.19. The smallest absolute Gasteiger partial charge is 0.294 e. The SMILES string of the molecule is Cc1ncsc1C(CCO[N+](=O)[O-])c1ccccc1. The number of aromatic nitrogens is 1. The molecule has 2 rings (SSSR count). The van der Waals surface area contributed by atoms with Crippen LogP contribution in [0.3, 0.4) is 0 Å². The lowest BCUT2D eigenvalue weighted by Crippen LogP contribution is -2.08. The summed E-state index contributed by atoms with van der Waals surface area (Å²) in [4.78, 5) is 20.1. The van der Waals surface area contributed by atoms with Crippen LogP contribution in [-0.4, -0.2) is 16.7 Å². The van der Waals surface area contributed by atoms with Gasteiger partial charge in [0, 0.05) is 10.8 Å². The van der Waals surface area contributed by atoms with Crippen LogP contribution < -0.4 is 0 Å². The molecule has 6 heteroatoms. The third kappa shape index (κ3) is 3.51. The first-order chi connectivity index (χ1) is 9.18. The van der Waals surface area contributed by atoms with Crippen molar-refractivity contribution in [3.8, 4) is 0 Å². The van der Waals surface area contributed by atoms with E-state index in [1.165, 1.54) is 0 Å². The van der Waals surface area contributed by atoms with Gasteiger partial charge in [-0.05, 0) is 18.9 Å². The fraction of sp³-hybridized carbons (Fsp3) is 0.308. The fourth-order valence-corrected chi connectivity index (χ4v) is 2.99. The summed E-state index contributed by atoms with van der Waals surface area (Å²) in [6, 6.07) is 9.93. The van der Waals surface area contributed by atoms with Crippen molar-refractivity contribution in [3.63, 3.8) is 0 Å². The summed E-state index contributed by atoms with van der Waals surface area (Å²) < 4.78 is 0. The van der Waals surface area contributed by atoms with Crippen LogP contribution in [0.15, 0.2) is 35.8 Å². The normalized spacial score (nSPS) is 12.1. The summed E-state index contributed by atoms with van der Waals surface area (Å²) >= 11 is 1.57. The number of hydrogen-bond donors (Lipinski definition) is 0. The number of nitrogens with zero attached hydrogens (tertiary/aromatic N) is 2. The minimum atomic E-state index is -0.748. The summed E-state index contributed by atoms with van der Waals surface area (Å²) in [5, 5.41) is 9.50. The maximum absolute atomic E-state index is 10.2. The van der Waals surface area contributed by atoms with Crippen LogP contribution in [0, 0.1) is 17.0 Å². The molecule has 0 aliphatic carbocycles. The quantitative estimate of drug-likeness (QED) is 0.601. The summed E-state index contributed by atoms with van der Waals surface area (Å²) in [5.41, 5.74) is 3.90. The lowest BCUT2D eigenvalue weighted by Gasteiger charge is -2.16. The number of rotatable bonds is 6. The van der Waals surface area contributed by atoms with Crippen LogP contribution in [0.4, 0.5) is 0 Å². The Bertz CT molecular complexity index is 542. The molecule has 1 atom stereocenters. The van der Waals surface area contributed by atoms with E-state index in [1.807, 2.05) is 37.3 Å². The van der Waals surface area contributed by atoms with E-state index in [-0.39, 0.29) is 12.5 Å². The van der Waals surface area contributed by atoms with Crippen molar-refractivity contribution in [2.45, 2.75) is 19.3 Å². The van der Waals surface area contributed by atoms with Crippen molar-refractivity contribution in [1.82, 2.24) is 4.98 Å². The Kier molecular flexibility index (Phi) is 4.46. The van der Waals surface area contributed by atoms with Gasteiger partial charge in [-0.2, -0.15) is 0 Å². The molecule has 0 fully saturated rings. The molecule has 0 radical (unpaired) electrons. The van der Waals surface area contributed by atoms with E-state index in [1.54, 1.807) is 16.8 Å². The molecule has 0 amide bonds. The van der Waals surface area contributed by atoms with Gasteiger partial charge < -0.3 is 4.84 Å². The average molecular weight is 278 g/mol. The zero-order chi connectivity index (χ0) is 13.7. The second-order valence-corrected chi connectivity index (χ2v) is 5.00. The molecular weight excluding hydrogens is 264 g/mol. The first kappa shape index (κ1) is 13.5. The second kappa shape index (κ2) is 6.29. The third-order valence-electron chi connectivity index (χ3n) is 2.90. The van der Waals surface area contributed by atoms with Gasteiger partial charge in [0.15, 0.2) is 0 Å². The van der Waals surface area contributed by atoms with Gasteiger partial charge >= 0.3 is 0 Å². The predicted molar refractivity (Wildman–Crippen MR) is 72.7 cm³/mol. The summed E-state index contributed by atoms with van der Waals surface area (Å²) in [5.74, 6) is 0.0913.